The molecule has 0 spiro atoms. The van der Waals surface area contributed by atoms with E-state index in [4.69, 9.17) is 14.2 Å². The molecular formula is C24H23F2NO4. The highest BCUT2D eigenvalue weighted by Gasteiger charge is 2.14. The maximum absolute atomic E-state index is 14.6. The van der Waals surface area contributed by atoms with Gasteiger partial charge in [0.05, 0.1) is 19.3 Å². The molecule has 7 heteroatoms. The van der Waals surface area contributed by atoms with Crippen molar-refractivity contribution in [1.82, 2.24) is 5.32 Å². The Labute approximate surface area is 179 Å². The van der Waals surface area contributed by atoms with Crippen LogP contribution in [0.25, 0.3) is 11.1 Å². The Bertz CT molecular complexity index is 1060. The number of carbonyl (C=O) groups excluding carboxylic acids is 1. The third-order valence-corrected chi connectivity index (χ3v) is 4.61. The van der Waals surface area contributed by atoms with Crippen LogP contribution < -0.4 is 14.8 Å². The van der Waals surface area contributed by atoms with Gasteiger partial charge < -0.3 is 19.5 Å². The molecule has 0 fully saturated rings. The van der Waals surface area contributed by atoms with Crippen LogP contribution in [0.5, 0.6) is 11.5 Å². The highest BCUT2D eigenvalue weighted by Crippen LogP contribution is 2.27. The molecule has 0 aliphatic carbocycles. The number of amides is 1. The fourth-order valence-electron chi connectivity index (χ4n) is 2.99. The third-order valence-electron chi connectivity index (χ3n) is 4.61. The van der Waals surface area contributed by atoms with Crippen LogP contribution in [0.4, 0.5) is 8.78 Å². The molecule has 1 N–H and O–H groups in total. The smallest absolute Gasteiger partial charge is 0.254 e. The Morgan fingerprint density at radius 3 is 2.45 bits per heavy atom. The lowest BCUT2D eigenvalue weighted by Crippen LogP contribution is -2.23. The monoisotopic (exact) mass is 427 g/mol. The van der Waals surface area contributed by atoms with Crippen LogP contribution in [0, 0.1) is 11.6 Å². The van der Waals surface area contributed by atoms with Crippen molar-refractivity contribution in [1.29, 1.82) is 0 Å². The fourth-order valence-corrected chi connectivity index (χ4v) is 2.99. The molecule has 1 amide bonds. The maximum Gasteiger partial charge on any atom is 0.254 e. The minimum atomic E-state index is -0.734. The lowest BCUT2D eigenvalue weighted by atomic mass is 10.0. The van der Waals surface area contributed by atoms with Crippen LogP contribution in [0.3, 0.4) is 0 Å². The number of halogens is 2. The largest absolute Gasteiger partial charge is 0.497 e. The minimum absolute atomic E-state index is 0.120. The van der Waals surface area contributed by atoms with E-state index in [0.717, 1.165) is 11.6 Å². The molecule has 3 rings (SSSR count). The van der Waals surface area contributed by atoms with E-state index in [1.165, 1.54) is 31.4 Å². The first-order chi connectivity index (χ1) is 15.0. The number of carbonyl (C=O) groups is 1. The summed E-state index contributed by atoms with van der Waals surface area (Å²) in [5.74, 6) is -0.817. The quantitative estimate of drug-likeness (QED) is 0.508. The predicted octanol–water partition coefficient (Wildman–Crippen LogP) is 4.60. The van der Waals surface area contributed by atoms with Crippen molar-refractivity contribution in [3.05, 3.63) is 83.4 Å². The van der Waals surface area contributed by atoms with E-state index in [0.29, 0.717) is 30.3 Å². The van der Waals surface area contributed by atoms with Crippen molar-refractivity contribution in [3.8, 4) is 22.6 Å². The summed E-state index contributed by atoms with van der Waals surface area (Å²) in [5.41, 5.74) is 1.23. The molecule has 0 saturated heterocycles. The molecular weight excluding hydrogens is 404 g/mol. The molecule has 0 aliphatic rings. The normalized spacial score (nSPS) is 10.6. The van der Waals surface area contributed by atoms with Gasteiger partial charge in [-0.2, -0.15) is 0 Å². The molecule has 0 bridgehead atoms. The van der Waals surface area contributed by atoms with E-state index >= 15 is 0 Å². The molecule has 0 unspecified atom stereocenters. The number of hydrogen-bond acceptors (Lipinski definition) is 4. The summed E-state index contributed by atoms with van der Waals surface area (Å²) >= 11 is 0. The van der Waals surface area contributed by atoms with E-state index in [9.17, 15) is 13.6 Å². The summed E-state index contributed by atoms with van der Waals surface area (Å²) < 4.78 is 44.3. The van der Waals surface area contributed by atoms with Gasteiger partial charge in [0.1, 0.15) is 29.7 Å². The van der Waals surface area contributed by atoms with E-state index in [1.807, 2.05) is 12.1 Å². The van der Waals surface area contributed by atoms with Crippen molar-refractivity contribution in [2.45, 2.75) is 6.54 Å². The number of benzene rings is 3. The van der Waals surface area contributed by atoms with Crippen LogP contribution in [-0.2, 0) is 11.3 Å². The van der Waals surface area contributed by atoms with Crippen LogP contribution in [0.2, 0.25) is 0 Å². The lowest BCUT2D eigenvalue weighted by Gasteiger charge is -2.10. The van der Waals surface area contributed by atoms with Gasteiger partial charge in [-0.25, -0.2) is 8.78 Å². The molecule has 0 aliphatic heterocycles. The molecule has 5 nitrogen and oxygen atoms in total. The van der Waals surface area contributed by atoms with E-state index in [2.05, 4.69) is 5.32 Å². The van der Waals surface area contributed by atoms with Gasteiger partial charge in [0, 0.05) is 25.3 Å². The first kappa shape index (κ1) is 22.2. The Balaban J connectivity index is 1.67. The summed E-state index contributed by atoms with van der Waals surface area (Å²) in [6.07, 6.45) is 0. The Morgan fingerprint density at radius 2 is 1.74 bits per heavy atom. The average molecular weight is 427 g/mol. The summed E-state index contributed by atoms with van der Waals surface area (Å²) in [5, 5.41) is 2.69. The maximum atomic E-state index is 14.6. The Morgan fingerprint density at radius 1 is 0.903 bits per heavy atom. The Hall–Kier alpha value is -3.45. The molecule has 0 atom stereocenters. The second kappa shape index (κ2) is 10.5. The summed E-state index contributed by atoms with van der Waals surface area (Å²) in [6, 6.07) is 15.5. The van der Waals surface area contributed by atoms with Gasteiger partial charge in [0.15, 0.2) is 0 Å². The first-order valence-corrected chi connectivity index (χ1v) is 9.64. The van der Waals surface area contributed by atoms with E-state index in [-0.39, 0.29) is 17.7 Å². The van der Waals surface area contributed by atoms with Gasteiger partial charge in [-0.15, -0.1) is 0 Å². The highest BCUT2D eigenvalue weighted by molar-refractivity contribution is 5.95. The standard InChI is InChI=1S/C24H23F2NO4/c1-29-10-11-31-19-5-3-4-16(12-19)15-27-24(28)21-8-6-17(13-22(21)25)20-9-7-18(30-2)14-23(20)26/h3-9,12-14H,10-11,15H2,1-2H3,(H,27,28). The van der Waals surface area contributed by atoms with Crippen molar-refractivity contribution in [3.63, 3.8) is 0 Å². The number of hydrogen-bond donors (Lipinski definition) is 1. The molecule has 0 radical (unpaired) electrons. The summed E-state index contributed by atoms with van der Waals surface area (Å²) in [7, 11) is 3.03. The van der Waals surface area contributed by atoms with E-state index < -0.39 is 17.5 Å². The zero-order chi connectivity index (χ0) is 22.2. The van der Waals surface area contributed by atoms with Gasteiger partial charge >= 0.3 is 0 Å². The number of nitrogens with one attached hydrogen (secondary N) is 1. The third kappa shape index (κ3) is 5.79. The number of methoxy groups -OCH3 is 2. The Kier molecular flexibility index (Phi) is 7.56. The van der Waals surface area contributed by atoms with Crippen molar-refractivity contribution in [2.24, 2.45) is 0 Å². The first-order valence-electron chi connectivity index (χ1n) is 9.64. The molecule has 162 valence electrons. The molecule has 0 aromatic heterocycles. The average Bonchev–Trinajstić information content (AvgIpc) is 2.78. The predicted molar refractivity (Wildman–Crippen MR) is 113 cm³/mol. The second-order valence-corrected chi connectivity index (χ2v) is 6.71. The SMILES string of the molecule is COCCOc1cccc(CNC(=O)c2ccc(-c3ccc(OC)cc3F)cc2F)c1. The topological polar surface area (TPSA) is 56.8 Å². The lowest BCUT2D eigenvalue weighted by molar-refractivity contribution is 0.0947. The molecule has 0 heterocycles. The van der Waals surface area contributed by atoms with Gasteiger partial charge in [-0.3, -0.25) is 4.79 Å². The van der Waals surface area contributed by atoms with Gasteiger partial charge in [0.2, 0.25) is 0 Å². The number of ether oxygens (including phenoxy) is 3. The minimum Gasteiger partial charge on any atom is -0.497 e. The summed E-state index contributed by atoms with van der Waals surface area (Å²) in [6.45, 7) is 1.09. The molecule has 3 aromatic rings. The summed E-state index contributed by atoms with van der Waals surface area (Å²) in [4.78, 5) is 12.4. The van der Waals surface area contributed by atoms with Crippen molar-refractivity contribution >= 4 is 5.91 Å². The van der Waals surface area contributed by atoms with Crippen molar-refractivity contribution in [2.75, 3.05) is 27.4 Å². The number of rotatable bonds is 9. The van der Waals surface area contributed by atoms with Gasteiger partial charge in [-0.05, 0) is 47.5 Å². The van der Waals surface area contributed by atoms with Gasteiger partial charge in [0.25, 0.3) is 5.91 Å². The van der Waals surface area contributed by atoms with E-state index in [1.54, 1.807) is 25.3 Å². The highest BCUT2D eigenvalue weighted by atomic mass is 19.1. The second-order valence-electron chi connectivity index (χ2n) is 6.71. The van der Waals surface area contributed by atoms with Crippen LogP contribution in [0.1, 0.15) is 15.9 Å². The molecule has 0 saturated carbocycles. The van der Waals surface area contributed by atoms with Crippen molar-refractivity contribution < 1.29 is 27.8 Å². The zero-order valence-corrected chi connectivity index (χ0v) is 17.3. The zero-order valence-electron chi connectivity index (χ0n) is 17.3. The van der Waals surface area contributed by atoms with Crippen LogP contribution >= 0.6 is 0 Å². The fraction of sp³-hybridized carbons (Fsp3) is 0.208. The molecule has 31 heavy (non-hydrogen) atoms. The molecule has 3 aromatic carbocycles. The van der Waals surface area contributed by atoms with Crippen LogP contribution in [-0.4, -0.2) is 33.3 Å². The van der Waals surface area contributed by atoms with Crippen LogP contribution in [0.15, 0.2) is 60.7 Å². The van der Waals surface area contributed by atoms with Gasteiger partial charge in [-0.1, -0.05) is 18.2 Å².